The molecule has 76 valence electrons. The Morgan fingerprint density at radius 3 is 2.54 bits per heavy atom. The predicted molar refractivity (Wildman–Crippen MR) is 53.5 cm³/mol. The van der Waals surface area contributed by atoms with Gasteiger partial charge >= 0.3 is 5.97 Å². The maximum Gasteiger partial charge on any atom is 0.330 e. The van der Waals surface area contributed by atoms with Crippen LogP contribution < -0.4 is 16.2 Å². The van der Waals surface area contributed by atoms with Gasteiger partial charge in [0, 0.05) is 6.08 Å². The third kappa shape index (κ3) is 9.22. The summed E-state index contributed by atoms with van der Waals surface area (Å²) in [6.45, 7) is 2.07. The second-order valence-electron chi connectivity index (χ2n) is 2.88. The monoisotopic (exact) mass is 203 g/mol. The first kappa shape index (κ1) is 12.3. The summed E-state index contributed by atoms with van der Waals surface area (Å²) in [5, 5.41) is 16.4. The first-order valence-corrected chi connectivity index (χ1v) is 6.56. The zero-order valence-electron chi connectivity index (χ0n) is 7.82. The van der Waals surface area contributed by atoms with Crippen molar-refractivity contribution in [2.75, 3.05) is 6.61 Å². The molecule has 0 rings (SSSR count). The highest BCUT2D eigenvalue weighted by Crippen LogP contribution is 1.95. The normalized spacial score (nSPS) is 12.0. The Hall–Kier alpha value is -0.693. The largest absolute Gasteiger partial charge is 0.463 e. The van der Waals surface area contributed by atoms with E-state index >= 15 is 0 Å². The van der Waals surface area contributed by atoms with E-state index in [2.05, 4.69) is 0 Å². The van der Waals surface area contributed by atoms with E-state index in [-0.39, 0.29) is 5.97 Å². The second-order valence-corrected chi connectivity index (χ2v) is 5.61. The number of nitrogens with two attached hydrogens (primary N) is 3. The summed E-state index contributed by atoms with van der Waals surface area (Å²) in [7, 11) is -2.46. The molecule has 0 aliphatic heterocycles. The van der Waals surface area contributed by atoms with Crippen LogP contribution in [0.25, 0.3) is 0 Å². The Morgan fingerprint density at radius 2 is 2.08 bits per heavy atom. The van der Waals surface area contributed by atoms with Crippen molar-refractivity contribution in [3.05, 3.63) is 12.2 Å². The minimum absolute atomic E-state index is 0.323. The van der Waals surface area contributed by atoms with Crippen LogP contribution in [0.4, 0.5) is 0 Å². The summed E-state index contributed by atoms with van der Waals surface area (Å²) in [6, 6.07) is 0.552. The lowest BCUT2D eigenvalue weighted by molar-refractivity contribution is -0.137. The fourth-order valence-corrected chi connectivity index (χ4v) is 1.49. The Bertz CT molecular complexity index is 189. The molecule has 0 aromatic rings. The summed E-state index contributed by atoms with van der Waals surface area (Å²) < 4.78 is 4.81. The highest BCUT2D eigenvalue weighted by Gasteiger charge is 2.16. The van der Waals surface area contributed by atoms with E-state index in [0.29, 0.717) is 19.1 Å². The summed E-state index contributed by atoms with van der Waals surface area (Å²) in [4.78, 5) is 10.8. The molecule has 0 saturated heterocycles. The van der Waals surface area contributed by atoms with E-state index in [1.807, 2.05) is 0 Å². The van der Waals surface area contributed by atoms with Crippen LogP contribution in [-0.4, -0.2) is 21.1 Å². The van der Waals surface area contributed by atoms with Crippen molar-refractivity contribution in [2.24, 2.45) is 16.2 Å². The molecular weight excluding hydrogens is 186 g/mol. The summed E-state index contributed by atoms with van der Waals surface area (Å²) in [6.07, 6.45) is 3.60. The summed E-state index contributed by atoms with van der Waals surface area (Å²) in [5.41, 5.74) is 0. The first-order chi connectivity index (χ1) is 5.95. The number of carbonyl (C=O) groups is 1. The average molecular weight is 203 g/mol. The Morgan fingerprint density at radius 1 is 1.46 bits per heavy atom. The van der Waals surface area contributed by atoms with Gasteiger partial charge in [-0.3, -0.25) is 0 Å². The Kier molecular flexibility index (Phi) is 5.56. The van der Waals surface area contributed by atoms with Gasteiger partial charge in [0.05, 0.1) is 6.61 Å². The molecule has 0 spiro atoms. The van der Waals surface area contributed by atoms with Crippen molar-refractivity contribution < 1.29 is 9.53 Å². The van der Waals surface area contributed by atoms with E-state index in [1.54, 1.807) is 13.0 Å². The quantitative estimate of drug-likeness (QED) is 0.237. The molecule has 6 heteroatoms. The molecule has 0 radical (unpaired) electrons. The maximum atomic E-state index is 10.8. The van der Waals surface area contributed by atoms with E-state index in [4.69, 9.17) is 20.9 Å². The lowest BCUT2D eigenvalue weighted by atomic mass is 10.5. The fraction of sp³-hybridized carbons (Fsp3) is 0.571. The molecule has 0 aromatic heterocycles. The molecule has 0 aliphatic carbocycles. The van der Waals surface area contributed by atoms with Crippen molar-refractivity contribution in [2.45, 2.75) is 19.4 Å². The van der Waals surface area contributed by atoms with E-state index in [0.717, 1.165) is 0 Å². The summed E-state index contributed by atoms with van der Waals surface area (Å²) >= 11 is 0. The van der Waals surface area contributed by atoms with Crippen molar-refractivity contribution in [1.29, 1.82) is 0 Å². The minimum atomic E-state index is -2.46. The average Bonchev–Trinajstić information content (AvgIpc) is 1.97. The molecule has 0 bridgehead atoms. The Balaban J connectivity index is 3.41. The van der Waals surface area contributed by atoms with Gasteiger partial charge < -0.3 is 20.9 Å². The molecule has 6 N–H and O–H groups in total. The van der Waals surface area contributed by atoms with Gasteiger partial charge in [0.15, 0.2) is 0 Å². The van der Waals surface area contributed by atoms with Gasteiger partial charge in [0.25, 0.3) is 8.56 Å². The van der Waals surface area contributed by atoms with E-state index in [9.17, 15) is 4.79 Å². The van der Waals surface area contributed by atoms with Crippen LogP contribution in [0.3, 0.4) is 0 Å². The van der Waals surface area contributed by atoms with E-state index in [1.165, 1.54) is 6.08 Å². The number of hydrogen-bond donors (Lipinski definition) is 3. The lowest BCUT2D eigenvalue weighted by Gasteiger charge is -2.13. The Labute approximate surface area is 79.2 Å². The molecular formula is C7H17N3O2Si. The van der Waals surface area contributed by atoms with Gasteiger partial charge in [-0.25, -0.2) is 4.79 Å². The van der Waals surface area contributed by atoms with Crippen LogP contribution in [0.2, 0.25) is 6.04 Å². The van der Waals surface area contributed by atoms with Crippen LogP contribution >= 0.6 is 0 Å². The first-order valence-electron chi connectivity index (χ1n) is 4.12. The van der Waals surface area contributed by atoms with Gasteiger partial charge in [-0.15, -0.1) is 0 Å². The third-order valence-electron chi connectivity index (χ3n) is 1.30. The molecule has 0 unspecified atom stereocenters. The SMILES string of the molecule is CC=CC(=O)OCCC[Si](N)(N)N. The molecule has 0 fully saturated rings. The molecule has 0 amide bonds. The zero-order valence-corrected chi connectivity index (χ0v) is 8.82. The molecule has 0 aliphatic rings. The van der Waals surface area contributed by atoms with Crippen LogP contribution in [0.15, 0.2) is 12.2 Å². The van der Waals surface area contributed by atoms with Gasteiger partial charge in [-0.2, -0.15) is 0 Å². The summed E-state index contributed by atoms with van der Waals surface area (Å²) in [5.74, 6) is -0.346. The number of rotatable bonds is 5. The molecule has 0 saturated carbocycles. The molecule has 13 heavy (non-hydrogen) atoms. The second kappa shape index (κ2) is 5.87. The zero-order chi connectivity index (χ0) is 10.3. The third-order valence-corrected chi connectivity index (χ3v) is 2.52. The highest BCUT2D eigenvalue weighted by atomic mass is 28.4. The van der Waals surface area contributed by atoms with Gasteiger partial charge in [0.1, 0.15) is 0 Å². The van der Waals surface area contributed by atoms with Gasteiger partial charge in [-0.1, -0.05) is 6.08 Å². The van der Waals surface area contributed by atoms with Crippen LogP contribution in [-0.2, 0) is 9.53 Å². The van der Waals surface area contributed by atoms with Crippen molar-refractivity contribution >= 4 is 14.5 Å². The molecule has 0 aromatic carbocycles. The van der Waals surface area contributed by atoms with E-state index < -0.39 is 8.56 Å². The predicted octanol–water partition coefficient (Wildman–Crippen LogP) is -0.689. The van der Waals surface area contributed by atoms with Crippen molar-refractivity contribution in [3.8, 4) is 0 Å². The standard InChI is InChI=1S/C7H17N3O2Si/c1-2-4-7(11)12-5-3-6-13(8,9)10/h2,4H,3,5-6,8-10H2,1H3. The minimum Gasteiger partial charge on any atom is -0.463 e. The maximum absolute atomic E-state index is 10.8. The number of allylic oxidation sites excluding steroid dienone is 1. The number of carbonyl (C=O) groups excluding carboxylic acids is 1. The molecule has 0 atom stereocenters. The highest BCUT2D eigenvalue weighted by molar-refractivity contribution is 6.70. The lowest BCUT2D eigenvalue weighted by Crippen LogP contribution is -2.64. The topological polar surface area (TPSA) is 104 Å². The smallest absolute Gasteiger partial charge is 0.330 e. The van der Waals surface area contributed by atoms with Crippen LogP contribution in [0.1, 0.15) is 13.3 Å². The molecule has 0 heterocycles. The van der Waals surface area contributed by atoms with Crippen LogP contribution in [0.5, 0.6) is 0 Å². The number of ether oxygens (including phenoxy) is 1. The van der Waals surface area contributed by atoms with Crippen molar-refractivity contribution in [3.63, 3.8) is 0 Å². The fourth-order valence-electron chi connectivity index (χ4n) is 0.735. The number of esters is 1. The van der Waals surface area contributed by atoms with Crippen LogP contribution in [0, 0.1) is 0 Å². The van der Waals surface area contributed by atoms with Crippen molar-refractivity contribution in [1.82, 2.24) is 0 Å². The van der Waals surface area contributed by atoms with Gasteiger partial charge in [0.2, 0.25) is 0 Å². The number of hydrogen-bond acceptors (Lipinski definition) is 5. The van der Waals surface area contributed by atoms with Gasteiger partial charge in [-0.05, 0) is 19.4 Å². The molecule has 5 nitrogen and oxygen atoms in total.